The first kappa shape index (κ1) is 16.7. The van der Waals surface area contributed by atoms with E-state index in [-0.39, 0.29) is 5.56 Å². The van der Waals surface area contributed by atoms with Crippen molar-refractivity contribution >= 4 is 5.69 Å². The maximum absolute atomic E-state index is 11.9. The van der Waals surface area contributed by atoms with Gasteiger partial charge in [-0.3, -0.25) is 4.79 Å². The summed E-state index contributed by atoms with van der Waals surface area (Å²) in [6.07, 6.45) is 9.12. The molecule has 0 amide bonds. The molecule has 0 aromatic carbocycles. The number of anilines is 1. The minimum Gasteiger partial charge on any atom is -0.383 e. The summed E-state index contributed by atoms with van der Waals surface area (Å²) in [5.74, 6) is 0.556. The molecule has 0 atom stereocenters. The Balaban J connectivity index is 2.34. The Hall–Kier alpha value is -1.32. The first-order valence-electron chi connectivity index (χ1n) is 7.94. The molecule has 0 aliphatic heterocycles. The van der Waals surface area contributed by atoms with Crippen LogP contribution in [0.5, 0.6) is 0 Å². The van der Waals surface area contributed by atoms with Crippen molar-refractivity contribution in [2.75, 3.05) is 11.9 Å². The van der Waals surface area contributed by atoms with Crippen molar-refractivity contribution < 1.29 is 0 Å². The van der Waals surface area contributed by atoms with Crippen LogP contribution in [0.25, 0.3) is 0 Å². The van der Waals surface area contributed by atoms with Gasteiger partial charge in [-0.15, -0.1) is 0 Å². The number of aromatic nitrogens is 2. The number of unbranched alkanes of at least 4 members (excludes halogenated alkanes) is 5. The van der Waals surface area contributed by atoms with E-state index in [4.69, 9.17) is 0 Å². The van der Waals surface area contributed by atoms with E-state index >= 15 is 0 Å². The number of nitrogens with zero attached hydrogens (tertiary/aromatic N) is 2. The molecule has 1 N–H and O–H groups in total. The van der Waals surface area contributed by atoms with Crippen LogP contribution < -0.4 is 10.9 Å². The smallest absolute Gasteiger partial charge is 0.268 e. The van der Waals surface area contributed by atoms with Crippen LogP contribution in [0.4, 0.5) is 5.69 Å². The Labute approximate surface area is 122 Å². The van der Waals surface area contributed by atoms with Gasteiger partial charge in [-0.25, -0.2) is 4.68 Å². The lowest BCUT2D eigenvalue weighted by Crippen LogP contribution is -2.23. The molecule has 0 saturated carbocycles. The van der Waals surface area contributed by atoms with Crippen molar-refractivity contribution in [3.63, 3.8) is 0 Å². The molecule has 0 aliphatic carbocycles. The molecule has 4 heteroatoms. The molecule has 114 valence electrons. The van der Waals surface area contributed by atoms with Crippen molar-refractivity contribution in [3.8, 4) is 0 Å². The van der Waals surface area contributed by atoms with Crippen molar-refractivity contribution in [2.45, 2.75) is 65.8 Å². The third-order valence-electron chi connectivity index (χ3n) is 3.31. The van der Waals surface area contributed by atoms with E-state index in [1.165, 1.54) is 32.1 Å². The van der Waals surface area contributed by atoms with Gasteiger partial charge in [-0.1, -0.05) is 52.9 Å². The highest BCUT2D eigenvalue weighted by Crippen LogP contribution is 2.06. The highest BCUT2D eigenvalue weighted by molar-refractivity contribution is 5.38. The van der Waals surface area contributed by atoms with E-state index in [1.807, 2.05) is 0 Å². The van der Waals surface area contributed by atoms with Gasteiger partial charge in [0.05, 0.1) is 11.9 Å². The normalized spacial score (nSPS) is 11.0. The zero-order valence-electron chi connectivity index (χ0n) is 13.2. The molecule has 0 spiro atoms. The van der Waals surface area contributed by atoms with Crippen LogP contribution in [0.2, 0.25) is 0 Å². The van der Waals surface area contributed by atoms with E-state index in [2.05, 4.69) is 31.2 Å². The van der Waals surface area contributed by atoms with E-state index in [0.717, 1.165) is 25.2 Å². The summed E-state index contributed by atoms with van der Waals surface area (Å²) in [5.41, 5.74) is 0.815. The molecular formula is C16H29N3O. The van der Waals surface area contributed by atoms with Gasteiger partial charge in [-0.2, -0.15) is 5.10 Å². The Morgan fingerprint density at radius 1 is 1.20 bits per heavy atom. The molecule has 0 unspecified atom stereocenters. The fourth-order valence-electron chi connectivity index (χ4n) is 2.06. The highest BCUT2D eigenvalue weighted by atomic mass is 16.1. The minimum atomic E-state index is -0.00712. The first-order valence-corrected chi connectivity index (χ1v) is 7.94. The zero-order valence-corrected chi connectivity index (χ0v) is 13.2. The topological polar surface area (TPSA) is 46.9 Å². The summed E-state index contributed by atoms with van der Waals surface area (Å²) >= 11 is 0. The molecule has 0 bridgehead atoms. The van der Waals surface area contributed by atoms with Crippen molar-refractivity contribution in [1.82, 2.24) is 9.78 Å². The van der Waals surface area contributed by atoms with Crippen molar-refractivity contribution in [1.29, 1.82) is 0 Å². The Bertz CT molecular complexity index is 426. The lowest BCUT2D eigenvalue weighted by Gasteiger charge is -2.09. The van der Waals surface area contributed by atoms with Crippen LogP contribution in [0.3, 0.4) is 0 Å². The fourth-order valence-corrected chi connectivity index (χ4v) is 2.06. The maximum atomic E-state index is 11.9. The molecule has 1 aromatic rings. The largest absolute Gasteiger partial charge is 0.383 e. The summed E-state index contributed by atoms with van der Waals surface area (Å²) in [7, 11) is 0. The van der Waals surface area contributed by atoms with Crippen molar-refractivity contribution in [3.05, 3.63) is 22.6 Å². The summed E-state index contributed by atoms with van der Waals surface area (Å²) in [6.45, 7) is 8.09. The second kappa shape index (κ2) is 9.56. The zero-order chi connectivity index (χ0) is 14.8. The molecule has 0 aliphatic rings. The van der Waals surface area contributed by atoms with E-state index in [9.17, 15) is 4.79 Å². The second-order valence-corrected chi connectivity index (χ2v) is 5.85. The monoisotopic (exact) mass is 279 g/mol. The first-order chi connectivity index (χ1) is 9.63. The fraction of sp³-hybridized carbons (Fsp3) is 0.750. The molecule has 1 rings (SSSR count). The number of nitrogens with one attached hydrogen (secondary N) is 1. The Morgan fingerprint density at radius 3 is 2.55 bits per heavy atom. The second-order valence-electron chi connectivity index (χ2n) is 5.85. The lowest BCUT2D eigenvalue weighted by atomic mass is 10.1. The third-order valence-corrected chi connectivity index (χ3v) is 3.31. The number of aryl methyl sites for hydroxylation is 1. The van der Waals surface area contributed by atoms with Gasteiger partial charge in [0.1, 0.15) is 0 Å². The molecule has 0 saturated heterocycles. The molecule has 1 heterocycles. The number of hydrogen-bond acceptors (Lipinski definition) is 3. The predicted molar refractivity (Wildman–Crippen MR) is 85.2 cm³/mol. The Morgan fingerprint density at radius 2 is 1.90 bits per heavy atom. The standard InChI is InChI=1S/C16H29N3O/c1-4-5-6-7-8-9-10-19-16(20)11-15(13-18-19)17-12-14(2)3/h11,13-14,17H,4-10,12H2,1-3H3. The van der Waals surface area contributed by atoms with Crippen LogP contribution in [-0.2, 0) is 6.54 Å². The summed E-state index contributed by atoms with van der Waals surface area (Å²) in [6, 6.07) is 1.65. The van der Waals surface area contributed by atoms with Gasteiger partial charge in [-0.05, 0) is 12.3 Å². The van der Waals surface area contributed by atoms with Gasteiger partial charge in [0.15, 0.2) is 0 Å². The van der Waals surface area contributed by atoms with Crippen LogP contribution in [0.1, 0.15) is 59.3 Å². The maximum Gasteiger partial charge on any atom is 0.268 e. The number of hydrogen-bond donors (Lipinski definition) is 1. The highest BCUT2D eigenvalue weighted by Gasteiger charge is 2.01. The van der Waals surface area contributed by atoms with E-state index in [1.54, 1.807) is 16.9 Å². The molecule has 20 heavy (non-hydrogen) atoms. The average Bonchev–Trinajstić information content (AvgIpc) is 2.42. The molecule has 0 fully saturated rings. The van der Waals surface area contributed by atoms with Crippen LogP contribution >= 0.6 is 0 Å². The van der Waals surface area contributed by atoms with Gasteiger partial charge < -0.3 is 5.32 Å². The number of rotatable bonds is 10. The van der Waals surface area contributed by atoms with Gasteiger partial charge in [0, 0.05) is 19.2 Å². The van der Waals surface area contributed by atoms with Gasteiger partial charge in [0.25, 0.3) is 5.56 Å². The average molecular weight is 279 g/mol. The van der Waals surface area contributed by atoms with Crippen LogP contribution in [-0.4, -0.2) is 16.3 Å². The summed E-state index contributed by atoms with van der Waals surface area (Å²) in [4.78, 5) is 11.9. The molecular weight excluding hydrogens is 250 g/mol. The van der Waals surface area contributed by atoms with Gasteiger partial charge >= 0.3 is 0 Å². The van der Waals surface area contributed by atoms with E-state index in [0.29, 0.717) is 5.92 Å². The minimum absolute atomic E-state index is 0.00712. The lowest BCUT2D eigenvalue weighted by molar-refractivity contribution is 0.509. The van der Waals surface area contributed by atoms with E-state index < -0.39 is 0 Å². The summed E-state index contributed by atoms with van der Waals surface area (Å²) in [5, 5.41) is 7.46. The quantitative estimate of drug-likeness (QED) is 0.665. The predicted octanol–water partition coefficient (Wildman–Crippen LogP) is 3.67. The SMILES string of the molecule is CCCCCCCCn1ncc(NCC(C)C)cc1=O. The summed E-state index contributed by atoms with van der Waals surface area (Å²) < 4.78 is 1.57. The Kier molecular flexibility index (Phi) is 8.00. The van der Waals surface area contributed by atoms with Crippen LogP contribution in [0.15, 0.2) is 17.1 Å². The van der Waals surface area contributed by atoms with Crippen LogP contribution in [0, 0.1) is 5.92 Å². The molecule has 1 aromatic heterocycles. The third kappa shape index (κ3) is 6.73. The van der Waals surface area contributed by atoms with Gasteiger partial charge in [0.2, 0.25) is 0 Å². The van der Waals surface area contributed by atoms with Crippen molar-refractivity contribution in [2.24, 2.45) is 5.92 Å². The molecule has 4 nitrogen and oxygen atoms in total. The molecule has 0 radical (unpaired) electrons.